The molecule has 37 heavy (non-hydrogen) atoms. The number of anilines is 1. The van der Waals surface area contributed by atoms with E-state index in [1.807, 2.05) is 13.0 Å². The van der Waals surface area contributed by atoms with Crippen LogP contribution in [-0.2, 0) is 19.6 Å². The van der Waals surface area contributed by atoms with Crippen LogP contribution < -0.4 is 10.0 Å². The summed E-state index contributed by atoms with van der Waals surface area (Å²) in [4.78, 5) is 25.3. The number of ether oxygens (including phenoxy) is 1. The molecule has 7 nitrogen and oxygen atoms in total. The van der Waals surface area contributed by atoms with E-state index in [0.717, 1.165) is 23.3 Å². The van der Waals surface area contributed by atoms with Crippen LogP contribution in [0, 0.1) is 37.0 Å². The molecule has 0 aliphatic heterocycles. The Balaban J connectivity index is 1.14. The SMILES string of the molecule is Cc1ccc(C)c(S(=O)(=O)Nc2ccc(C(=O)OCC(=O)N[C@H](C)C34CC5CC(CC(C5)C3)C4)cc2)c1. The Morgan fingerprint density at radius 1 is 0.973 bits per heavy atom. The normalized spacial score (nSPS) is 26.9. The number of carbonyl (C=O) groups is 2. The van der Waals surface area contributed by atoms with Gasteiger partial charge < -0.3 is 10.1 Å². The highest BCUT2D eigenvalue weighted by Crippen LogP contribution is 2.61. The van der Waals surface area contributed by atoms with Crippen LogP contribution in [0.4, 0.5) is 5.69 Å². The molecule has 4 bridgehead atoms. The van der Waals surface area contributed by atoms with Gasteiger partial charge in [0.25, 0.3) is 15.9 Å². The number of nitrogens with one attached hydrogen (secondary N) is 2. The highest BCUT2D eigenvalue weighted by molar-refractivity contribution is 7.92. The summed E-state index contributed by atoms with van der Waals surface area (Å²) in [5.41, 5.74) is 2.26. The van der Waals surface area contributed by atoms with Crippen molar-refractivity contribution in [1.29, 1.82) is 0 Å². The zero-order chi connectivity index (χ0) is 26.4. The minimum Gasteiger partial charge on any atom is -0.452 e. The summed E-state index contributed by atoms with van der Waals surface area (Å²) in [6, 6.07) is 11.3. The summed E-state index contributed by atoms with van der Waals surface area (Å²) in [5, 5.41) is 3.11. The van der Waals surface area contributed by atoms with E-state index >= 15 is 0 Å². The second-order valence-corrected chi connectivity index (χ2v) is 13.2. The predicted octanol–water partition coefficient (Wildman–Crippen LogP) is 4.98. The van der Waals surface area contributed by atoms with Crippen LogP contribution in [0.5, 0.6) is 0 Å². The maximum atomic E-state index is 12.8. The Bertz CT molecular complexity index is 1270. The molecular weight excluding hydrogens is 488 g/mol. The fourth-order valence-corrected chi connectivity index (χ4v) is 8.63. The molecule has 2 aromatic carbocycles. The first-order valence-electron chi connectivity index (χ1n) is 13.2. The third-order valence-corrected chi connectivity index (χ3v) is 10.2. The van der Waals surface area contributed by atoms with Gasteiger partial charge in [0, 0.05) is 11.7 Å². The van der Waals surface area contributed by atoms with E-state index in [4.69, 9.17) is 4.74 Å². The van der Waals surface area contributed by atoms with Crippen molar-refractivity contribution in [1.82, 2.24) is 5.32 Å². The van der Waals surface area contributed by atoms with E-state index in [2.05, 4.69) is 17.0 Å². The minimum atomic E-state index is -3.77. The number of esters is 1. The van der Waals surface area contributed by atoms with E-state index in [9.17, 15) is 18.0 Å². The smallest absolute Gasteiger partial charge is 0.338 e. The van der Waals surface area contributed by atoms with Crippen LogP contribution in [0.1, 0.15) is 66.9 Å². The van der Waals surface area contributed by atoms with Gasteiger partial charge in [0.05, 0.1) is 10.5 Å². The molecule has 2 aromatic rings. The third-order valence-electron chi connectivity index (χ3n) is 8.72. The molecule has 4 aliphatic rings. The lowest BCUT2D eigenvalue weighted by Gasteiger charge is -2.59. The maximum absolute atomic E-state index is 12.8. The number of rotatable bonds is 8. The molecule has 1 atom stereocenters. The summed E-state index contributed by atoms with van der Waals surface area (Å²) >= 11 is 0. The van der Waals surface area contributed by atoms with E-state index in [-0.39, 0.29) is 34.4 Å². The first-order valence-corrected chi connectivity index (χ1v) is 14.7. The van der Waals surface area contributed by atoms with Gasteiger partial charge in [0.2, 0.25) is 0 Å². The standard InChI is InChI=1S/C29H36N2O5S/c1-18-4-5-19(2)26(10-18)37(34,35)31-25-8-6-24(7-9-25)28(33)36-17-27(32)30-20(3)29-14-21-11-22(15-29)13-23(12-21)16-29/h4-10,20-23,31H,11-17H2,1-3H3,(H,30,32)/t20-,21?,22?,23?,29?/m1/s1. The molecule has 2 N–H and O–H groups in total. The lowest BCUT2D eigenvalue weighted by Crippen LogP contribution is -2.56. The predicted molar refractivity (Wildman–Crippen MR) is 142 cm³/mol. The highest BCUT2D eigenvalue weighted by Gasteiger charge is 2.53. The number of amides is 1. The lowest BCUT2D eigenvalue weighted by molar-refractivity contribution is -0.128. The van der Waals surface area contributed by atoms with E-state index in [1.54, 1.807) is 19.1 Å². The zero-order valence-corrected chi connectivity index (χ0v) is 22.6. The Morgan fingerprint density at radius 3 is 2.16 bits per heavy atom. The summed E-state index contributed by atoms with van der Waals surface area (Å²) in [6.45, 7) is 5.34. The molecule has 0 aromatic heterocycles. The summed E-state index contributed by atoms with van der Waals surface area (Å²) in [6.07, 6.45) is 7.63. The van der Waals surface area contributed by atoms with Crippen LogP contribution in [0.25, 0.3) is 0 Å². The number of aryl methyl sites for hydroxylation is 2. The Labute approximate surface area is 219 Å². The Morgan fingerprint density at radius 2 is 1.57 bits per heavy atom. The lowest BCUT2D eigenvalue weighted by atomic mass is 9.48. The Kier molecular flexibility index (Phi) is 6.81. The molecule has 6 rings (SSSR count). The maximum Gasteiger partial charge on any atom is 0.338 e. The number of hydrogen-bond acceptors (Lipinski definition) is 5. The van der Waals surface area contributed by atoms with Crippen LogP contribution in [0.3, 0.4) is 0 Å². The first kappa shape index (κ1) is 25.8. The number of benzene rings is 2. The summed E-state index contributed by atoms with van der Waals surface area (Å²) in [7, 11) is -3.77. The van der Waals surface area contributed by atoms with Crippen LogP contribution in [0.2, 0.25) is 0 Å². The molecule has 0 saturated heterocycles. The van der Waals surface area contributed by atoms with Crippen molar-refractivity contribution in [2.45, 2.75) is 70.2 Å². The highest BCUT2D eigenvalue weighted by atomic mass is 32.2. The first-order chi connectivity index (χ1) is 17.5. The quantitative estimate of drug-likeness (QED) is 0.474. The van der Waals surface area contributed by atoms with Crippen LogP contribution in [-0.4, -0.2) is 32.9 Å². The summed E-state index contributed by atoms with van der Waals surface area (Å²) in [5.74, 6) is 1.50. The molecule has 1 amide bonds. The van der Waals surface area contributed by atoms with Crippen molar-refractivity contribution in [3.8, 4) is 0 Å². The molecule has 198 valence electrons. The summed E-state index contributed by atoms with van der Waals surface area (Å²) < 4.78 is 33.4. The fraction of sp³-hybridized carbons (Fsp3) is 0.517. The van der Waals surface area contributed by atoms with Crippen molar-refractivity contribution in [2.75, 3.05) is 11.3 Å². The van der Waals surface area contributed by atoms with Gasteiger partial charge in [0.1, 0.15) is 0 Å². The van der Waals surface area contributed by atoms with Gasteiger partial charge in [-0.2, -0.15) is 0 Å². The Hall–Kier alpha value is -2.87. The average Bonchev–Trinajstić information content (AvgIpc) is 2.83. The van der Waals surface area contributed by atoms with Crippen molar-refractivity contribution >= 4 is 27.6 Å². The van der Waals surface area contributed by atoms with Gasteiger partial charge in [-0.3, -0.25) is 9.52 Å². The largest absolute Gasteiger partial charge is 0.452 e. The molecule has 4 fully saturated rings. The fourth-order valence-electron chi connectivity index (χ4n) is 7.24. The van der Waals surface area contributed by atoms with E-state index in [1.165, 1.54) is 62.8 Å². The van der Waals surface area contributed by atoms with Gasteiger partial charge in [-0.25, -0.2) is 13.2 Å². The molecule has 4 aliphatic carbocycles. The molecule has 0 radical (unpaired) electrons. The molecule has 0 unspecified atom stereocenters. The van der Waals surface area contributed by atoms with Gasteiger partial charge >= 0.3 is 5.97 Å². The van der Waals surface area contributed by atoms with Crippen molar-refractivity contribution in [3.05, 3.63) is 59.2 Å². The van der Waals surface area contributed by atoms with Crippen LogP contribution in [0.15, 0.2) is 47.4 Å². The molecular formula is C29H36N2O5S. The van der Waals surface area contributed by atoms with E-state index < -0.39 is 16.0 Å². The monoisotopic (exact) mass is 524 g/mol. The van der Waals surface area contributed by atoms with Crippen molar-refractivity contribution < 1.29 is 22.7 Å². The third kappa shape index (κ3) is 5.40. The van der Waals surface area contributed by atoms with Crippen LogP contribution >= 0.6 is 0 Å². The van der Waals surface area contributed by atoms with Crippen molar-refractivity contribution in [3.63, 3.8) is 0 Å². The molecule has 4 saturated carbocycles. The second-order valence-electron chi connectivity index (χ2n) is 11.6. The van der Waals surface area contributed by atoms with E-state index in [0.29, 0.717) is 11.3 Å². The zero-order valence-electron chi connectivity index (χ0n) is 21.8. The second kappa shape index (κ2) is 9.78. The minimum absolute atomic E-state index is 0.0662. The number of sulfonamides is 1. The van der Waals surface area contributed by atoms with Gasteiger partial charge in [0.15, 0.2) is 6.61 Å². The number of carbonyl (C=O) groups excluding carboxylic acids is 2. The van der Waals surface area contributed by atoms with Gasteiger partial charge in [-0.1, -0.05) is 12.1 Å². The average molecular weight is 525 g/mol. The van der Waals surface area contributed by atoms with Gasteiger partial charge in [-0.05, 0) is 124 Å². The molecule has 0 spiro atoms. The van der Waals surface area contributed by atoms with Gasteiger partial charge in [-0.15, -0.1) is 0 Å². The number of hydrogen-bond donors (Lipinski definition) is 2. The topological polar surface area (TPSA) is 102 Å². The molecule has 8 heteroatoms. The molecule has 0 heterocycles. The van der Waals surface area contributed by atoms with Crippen molar-refractivity contribution in [2.24, 2.45) is 23.2 Å².